The molecule has 2 N–H and O–H groups in total. The van der Waals surface area contributed by atoms with Crippen LogP contribution in [0.4, 0.5) is 11.5 Å². The molecular formula is C15H25N3O2. The zero-order valence-electron chi connectivity index (χ0n) is 12.8. The first-order valence-electron chi connectivity index (χ1n) is 7.12. The Morgan fingerprint density at radius 3 is 2.70 bits per heavy atom. The Bertz CT molecular complexity index is 447. The second-order valence-corrected chi connectivity index (χ2v) is 5.08. The third-order valence-corrected chi connectivity index (χ3v) is 3.27. The molecule has 1 aromatic rings. The first kappa shape index (κ1) is 16.3. The maximum absolute atomic E-state index is 11.7. The molecule has 0 fully saturated rings. The molecule has 0 amide bonds. The lowest BCUT2D eigenvalue weighted by molar-refractivity contribution is 0.0602. The predicted octanol–water partition coefficient (Wildman–Crippen LogP) is 2.86. The van der Waals surface area contributed by atoms with Crippen LogP contribution in [0.5, 0.6) is 0 Å². The Labute approximate surface area is 121 Å². The number of nitrogen functional groups attached to an aromatic ring is 1. The SMILES string of the molecule is CCCCCN(c1nccc(C(=O)OC)c1N)C(C)C. The molecule has 0 atom stereocenters. The van der Waals surface area contributed by atoms with E-state index in [4.69, 9.17) is 10.5 Å². The average molecular weight is 279 g/mol. The van der Waals surface area contributed by atoms with Gasteiger partial charge in [-0.2, -0.15) is 0 Å². The third kappa shape index (κ3) is 3.85. The van der Waals surface area contributed by atoms with E-state index in [9.17, 15) is 4.79 Å². The number of pyridine rings is 1. The highest BCUT2D eigenvalue weighted by atomic mass is 16.5. The lowest BCUT2D eigenvalue weighted by atomic mass is 10.1. The predicted molar refractivity (Wildman–Crippen MR) is 82.0 cm³/mol. The third-order valence-electron chi connectivity index (χ3n) is 3.27. The van der Waals surface area contributed by atoms with Crippen molar-refractivity contribution in [1.29, 1.82) is 0 Å². The van der Waals surface area contributed by atoms with Crippen LogP contribution in [-0.2, 0) is 4.74 Å². The molecule has 5 nitrogen and oxygen atoms in total. The fourth-order valence-electron chi connectivity index (χ4n) is 2.12. The van der Waals surface area contributed by atoms with Gasteiger partial charge in [0.1, 0.15) is 0 Å². The van der Waals surface area contributed by atoms with Gasteiger partial charge in [0.05, 0.1) is 18.4 Å². The van der Waals surface area contributed by atoms with Crippen molar-refractivity contribution >= 4 is 17.5 Å². The van der Waals surface area contributed by atoms with E-state index < -0.39 is 5.97 Å². The van der Waals surface area contributed by atoms with Gasteiger partial charge in [-0.1, -0.05) is 19.8 Å². The number of aromatic nitrogens is 1. The number of rotatable bonds is 7. The zero-order valence-corrected chi connectivity index (χ0v) is 12.8. The van der Waals surface area contributed by atoms with Gasteiger partial charge in [0.2, 0.25) is 0 Å². The van der Waals surface area contributed by atoms with Gasteiger partial charge < -0.3 is 15.4 Å². The summed E-state index contributed by atoms with van der Waals surface area (Å²) in [7, 11) is 1.35. The van der Waals surface area contributed by atoms with Gasteiger partial charge in [-0.05, 0) is 26.3 Å². The molecule has 0 aromatic carbocycles. The van der Waals surface area contributed by atoms with Gasteiger partial charge in [0.15, 0.2) is 5.82 Å². The highest BCUT2D eigenvalue weighted by Gasteiger charge is 2.19. The number of esters is 1. The maximum atomic E-state index is 11.7. The van der Waals surface area contributed by atoms with Gasteiger partial charge >= 0.3 is 5.97 Å². The number of hydrogen-bond acceptors (Lipinski definition) is 5. The Kier molecular flexibility index (Phi) is 6.28. The molecule has 20 heavy (non-hydrogen) atoms. The highest BCUT2D eigenvalue weighted by Crippen LogP contribution is 2.26. The van der Waals surface area contributed by atoms with Gasteiger partial charge in [-0.25, -0.2) is 9.78 Å². The van der Waals surface area contributed by atoms with Crippen molar-refractivity contribution in [1.82, 2.24) is 4.98 Å². The molecular weight excluding hydrogens is 254 g/mol. The lowest BCUT2D eigenvalue weighted by Gasteiger charge is -2.29. The van der Waals surface area contributed by atoms with Gasteiger partial charge in [0, 0.05) is 18.8 Å². The van der Waals surface area contributed by atoms with Crippen molar-refractivity contribution < 1.29 is 9.53 Å². The molecule has 5 heteroatoms. The topological polar surface area (TPSA) is 68.5 Å². The summed E-state index contributed by atoms with van der Waals surface area (Å²) in [5.74, 6) is 0.238. The number of nitrogens with two attached hydrogens (primary N) is 1. The van der Waals surface area contributed by atoms with E-state index in [0.29, 0.717) is 17.1 Å². The van der Waals surface area contributed by atoms with Crippen LogP contribution in [0.15, 0.2) is 12.3 Å². The number of unbranched alkanes of at least 4 members (excludes halogenated alkanes) is 2. The summed E-state index contributed by atoms with van der Waals surface area (Å²) in [6.45, 7) is 7.24. The maximum Gasteiger partial charge on any atom is 0.340 e. The van der Waals surface area contributed by atoms with E-state index in [1.54, 1.807) is 12.3 Å². The molecule has 1 rings (SSSR count). The number of anilines is 2. The standard InChI is InChI=1S/C15H25N3O2/c1-5-6-7-10-18(11(2)3)14-13(16)12(8-9-17-14)15(19)20-4/h8-9,11H,5-7,10,16H2,1-4H3. The van der Waals surface area contributed by atoms with Gasteiger partial charge in [-0.3, -0.25) is 0 Å². The summed E-state index contributed by atoms with van der Waals surface area (Å²) in [5.41, 5.74) is 6.86. The van der Waals surface area contributed by atoms with Crippen LogP contribution in [-0.4, -0.2) is 30.6 Å². The molecule has 0 spiro atoms. The largest absolute Gasteiger partial charge is 0.465 e. The van der Waals surface area contributed by atoms with E-state index in [1.807, 2.05) is 0 Å². The fourth-order valence-corrected chi connectivity index (χ4v) is 2.12. The van der Waals surface area contributed by atoms with E-state index in [-0.39, 0.29) is 6.04 Å². The van der Waals surface area contributed by atoms with E-state index in [0.717, 1.165) is 19.4 Å². The lowest BCUT2D eigenvalue weighted by Crippen LogP contribution is -2.33. The number of hydrogen-bond donors (Lipinski definition) is 1. The molecule has 0 aliphatic heterocycles. The summed E-state index contributed by atoms with van der Waals surface area (Å²) in [4.78, 5) is 18.2. The van der Waals surface area contributed by atoms with Crippen molar-refractivity contribution in [2.75, 3.05) is 24.3 Å². The van der Waals surface area contributed by atoms with Gasteiger partial charge in [-0.15, -0.1) is 0 Å². The summed E-state index contributed by atoms with van der Waals surface area (Å²) in [6, 6.07) is 1.87. The summed E-state index contributed by atoms with van der Waals surface area (Å²) < 4.78 is 4.75. The van der Waals surface area contributed by atoms with Crippen LogP contribution in [0.1, 0.15) is 50.4 Å². The minimum Gasteiger partial charge on any atom is -0.465 e. The number of nitrogens with zero attached hydrogens (tertiary/aromatic N) is 2. The van der Waals surface area contributed by atoms with Gasteiger partial charge in [0.25, 0.3) is 0 Å². The second kappa shape index (κ2) is 7.72. The number of carbonyl (C=O) groups is 1. The monoisotopic (exact) mass is 279 g/mol. The van der Waals surface area contributed by atoms with Crippen LogP contribution < -0.4 is 10.6 Å². The first-order chi connectivity index (χ1) is 9.52. The second-order valence-electron chi connectivity index (χ2n) is 5.08. The number of carbonyl (C=O) groups excluding carboxylic acids is 1. The van der Waals surface area contributed by atoms with E-state index >= 15 is 0 Å². The fraction of sp³-hybridized carbons (Fsp3) is 0.600. The minimum absolute atomic E-state index is 0.273. The summed E-state index contributed by atoms with van der Waals surface area (Å²) in [6.07, 6.45) is 5.02. The van der Waals surface area contributed by atoms with Crippen LogP contribution in [0, 0.1) is 0 Å². The molecule has 112 valence electrons. The molecule has 0 radical (unpaired) electrons. The van der Waals surface area contributed by atoms with Crippen molar-refractivity contribution in [2.45, 2.75) is 46.1 Å². The van der Waals surface area contributed by atoms with Crippen LogP contribution in [0.3, 0.4) is 0 Å². The van der Waals surface area contributed by atoms with E-state index in [2.05, 4.69) is 30.7 Å². The normalized spacial score (nSPS) is 10.7. The quantitative estimate of drug-likeness (QED) is 0.614. The minimum atomic E-state index is -0.427. The van der Waals surface area contributed by atoms with Crippen molar-refractivity contribution in [3.05, 3.63) is 17.8 Å². The van der Waals surface area contributed by atoms with Crippen LogP contribution in [0.2, 0.25) is 0 Å². The first-order valence-corrected chi connectivity index (χ1v) is 7.12. The highest BCUT2D eigenvalue weighted by molar-refractivity contribution is 5.97. The van der Waals surface area contributed by atoms with E-state index in [1.165, 1.54) is 13.5 Å². The molecule has 0 saturated carbocycles. The average Bonchev–Trinajstić information content (AvgIpc) is 2.43. The van der Waals surface area contributed by atoms with Crippen molar-refractivity contribution in [3.63, 3.8) is 0 Å². The molecule has 0 bridgehead atoms. The Hall–Kier alpha value is -1.78. The van der Waals surface area contributed by atoms with Crippen molar-refractivity contribution in [3.8, 4) is 0 Å². The van der Waals surface area contributed by atoms with Crippen LogP contribution in [0.25, 0.3) is 0 Å². The Morgan fingerprint density at radius 1 is 1.45 bits per heavy atom. The summed E-state index contributed by atoms with van der Waals surface area (Å²) in [5, 5.41) is 0. The zero-order chi connectivity index (χ0) is 15.1. The number of methoxy groups -OCH3 is 1. The Morgan fingerprint density at radius 2 is 2.15 bits per heavy atom. The smallest absolute Gasteiger partial charge is 0.340 e. The molecule has 0 saturated heterocycles. The molecule has 1 heterocycles. The molecule has 0 aliphatic carbocycles. The number of ether oxygens (including phenoxy) is 1. The Balaban J connectivity index is 3.04. The molecule has 1 aromatic heterocycles. The van der Waals surface area contributed by atoms with Crippen molar-refractivity contribution in [2.24, 2.45) is 0 Å². The summed E-state index contributed by atoms with van der Waals surface area (Å²) >= 11 is 0. The molecule has 0 unspecified atom stereocenters. The molecule has 0 aliphatic rings. The van der Waals surface area contributed by atoms with Crippen LogP contribution >= 0.6 is 0 Å².